The Morgan fingerprint density at radius 2 is 2.42 bits per heavy atom. The van der Waals surface area contributed by atoms with E-state index >= 15 is 0 Å². The predicted octanol–water partition coefficient (Wildman–Crippen LogP) is 3.26. The number of carbonyl (C=O) groups is 1. The van der Waals surface area contributed by atoms with Crippen LogP contribution in [0.4, 0.5) is 0 Å². The number of halogens is 1. The van der Waals surface area contributed by atoms with E-state index < -0.39 is 0 Å². The van der Waals surface area contributed by atoms with Crippen LogP contribution in [0.1, 0.15) is 17.4 Å². The van der Waals surface area contributed by atoms with Crippen LogP contribution in [0.15, 0.2) is 18.7 Å². The number of hydrogen-bond donors (Lipinski definition) is 0. The zero-order valence-electron chi connectivity index (χ0n) is 11.2. The Labute approximate surface area is 122 Å². The third-order valence-electron chi connectivity index (χ3n) is 3.42. The van der Waals surface area contributed by atoms with Crippen molar-refractivity contribution in [3.05, 3.63) is 33.5 Å². The largest absolute Gasteiger partial charge is 0.379 e. The number of hydrogen-bond acceptors (Lipinski definition) is 3. The van der Waals surface area contributed by atoms with Crippen LogP contribution in [0.25, 0.3) is 0 Å². The first-order valence-corrected chi connectivity index (χ1v) is 7.48. The van der Waals surface area contributed by atoms with Crippen molar-refractivity contribution >= 4 is 28.8 Å². The average Bonchev–Trinajstić information content (AvgIpc) is 2.93. The van der Waals surface area contributed by atoms with Gasteiger partial charge in [0, 0.05) is 10.8 Å². The van der Waals surface area contributed by atoms with Gasteiger partial charge in [0.2, 0.25) is 5.91 Å². The first-order chi connectivity index (χ1) is 9.02. The summed E-state index contributed by atoms with van der Waals surface area (Å²) in [5.74, 6) is 0.296. The number of rotatable bonds is 4. The molecule has 0 aromatic carbocycles. The maximum Gasteiger partial charge on any atom is 0.246 e. The van der Waals surface area contributed by atoms with Crippen molar-refractivity contribution in [2.45, 2.75) is 26.4 Å². The van der Waals surface area contributed by atoms with Crippen molar-refractivity contribution in [1.82, 2.24) is 4.90 Å². The first kappa shape index (κ1) is 14.6. The molecule has 2 heterocycles. The maximum absolute atomic E-state index is 12.1. The SMILES string of the molecule is C=CC(=O)N(Cc1cc(C)c(Cl)s1)C1COCC1C. The van der Waals surface area contributed by atoms with Crippen molar-refractivity contribution in [1.29, 1.82) is 0 Å². The lowest BCUT2D eigenvalue weighted by molar-refractivity contribution is -0.129. The second kappa shape index (κ2) is 6.07. The lowest BCUT2D eigenvalue weighted by Gasteiger charge is -2.29. The zero-order chi connectivity index (χ0) is 14.0. The zero-order valence-corrected chi connectivity index (χ0v) is 12.8. The minimum Gasteiger partial charge on any atom is -0.379 e. The number of amides is 1. The Balaban J connectivity index is 2.18. The van der Waals surface area contributed by atoms with E-state index in [2.05, 4.69) is 13.5 Å². The van der Waals surface area contributed by atoms with Crippen molar-refractivity contribution in [3.63, 3.8) is 0 Å². The molecule has 0 spiro atoms. The molecule has 1 fully saturated rings. The van der Waals surface area contributed by atoms with Crippen molar-refractivity contribution < 1.29 is 9.53 Å². The topological polar surface area (TPSA) is 29.5 Å². The van der Waals surface area contributed by atoms with Crippen LogP contribution in [-0.2, 0) is 16.1 Å². The molecule has 0 bridgehead atoms. The average molecular weight is 300 g/mol. The van der Waals surface area contributed by atoms with E-state index in [4.69, 9.17) is 16.3 Å². The normalized spacial score (nSPS) is 22.5. The fourth-order valence-corrected chi connectivity index (χ4v) is 3.53. The Morgan fingerprint density at radius 1 is 1.68 bits per heavy atom. The second-order valence-electron chi connectivity index (χ2n) is 4.92. The molecule has 2 rings (SSSR count). The summed E-state index contributed by atoms with van der Waals surface area (Å²) in [5, 5.41) is 0. The molecule has 2 unspecified atom stereocenters. The van der Waals surface area contributed by atoms with Crippen molar-refractivity contribution in [3.8, 4) is 0 Å². The summed E-state index contributed by atoms with van der Waals surface area (Å²) in [5.41, 5.74) is 1.06. The van der Waals surface area contributed by atoms with Gasteiger partial charge in [-0.25, -0.2) is 0 Å². The van der Waals surface area contributed by atoms with E-state index in [0.29, 0.717) is 25.7 Å². The summed E-state index contributed by atoms with van der Waals surface area (Å²) in [6, 6.07) is 2.16. The number of aryl methyl sites for hydroxylation is 1. The summed E-state index contributed by atoms with van der Waals surface area (Å²) < 4.78 is 6.25. The molecular formula is C14H18ClNO2S. The van der Waals surface area contributed by atoms with E-state index in [9.17, 15) is 4.79 Å². The van der Waals surface area contributed by atoms with Crippen LogP contribution in [0.3, 0.4) is 0 Å². The minimum atomic E-state index is -0.0514. The summed E-state index contributed by atoms with van der Waals surface area (Å²) >= 11 is 7.61. The van der Waals surface area contributed by atoms with Gasteiger partial charge in [0.25, 0.3) is 0 Å². The molecule has 0 N–H and O–H groups in total. The van der Waals surface area contributed by atoms with Gasteiger partial charge in [-0.3, -0.25) is 4.79 Å². The van der Waals surface area contributed by atoms with Crippen LogP contribution in [0, 0.1) is 12.8 Å². The van der Waals surface area contributed by atoms with E-state index in [1.54, 1.807) is 0 Å². The van der Waals surface area contributed by atoms with Crippen LogP contribution in [-0.4, -0.2) is 30.1 Å². The summed E-state index contributed by atoms with van der Waals surface area (Å²) in [6.07, 6.45) is 1.37. The highest BCUT2D eigenvalue weighted by molar-refractivity contribution is 7.16. The van der Waals surface area contributed by atoms with E-state index in [1.165, 1.54) is 17.4 Å². The lowest BCUT2D eigenvalue weighted by Crippen LogP contribution is -2.42. The second-order valence-corrected chi connectivity index (χ2v) is 6.66. The molecule has 5 heteroatoms. The molecule has 1 aromatic heterocycles. The summed E-state index contributed by atoms with van der Waals surface area (Å²) in [6.45, 7) is 9.54. The maximum atomic E-state index is 12.1. The fourth-order valence-electron chi connectivity index (χ4n) is 2.29. The quantitative estimate of drug-likeness (QED) is 0.799. The van der Waals surface area contributed by atoms with E-state index in [0.717, 1.165) is 14.8 Å². The Bertz CT molecular complexity index is 466. The molecule has 1 amide bonds. The number of nitrogens with zero attached hydrogens (tertiary/aromatic N) is 1. The smallest absolute Gasteiger partial charge is 0.246 e. The van der Waals surface area contributed by atoms with Crippen LogP contribution < -0.4 is 0 Å². The molecule has 0 saturated carbocycles. The molecule has 1 aliphatic rings. The van der Waals surface area contributed by atoms with Crippen LogP contribution >= 0.6 is 22.9 Å². The molecule has 2 atom stereocenters. The Kier molecular flexibility index (Phi) is 4.66. The van der Waals surface area contributed by atoms with Crippen LogP contribution in [0.5, 0.6) is 0 Å². The molecule has 1 aliphatic heterocycles. The van der Waals surface area contributed by atoms with E-state index in [1.807, 2.05) is 17.9 Å². The van der Waals surface area contributed by atoms with Gasteiger partial charge >= 0.3 is 0 Å². The molecule has 0 radical (unpaired) electrons. The molecule has 1 aromatic rings. The standard InChI is InChI=1S/C14H18ClNO2S/c1-4-13(17)16(12-8-18-7-10(12)3)6-11-5-9(2)14(15)19-11/h4-5,10,12H,1,6-8H2,2-3H3. The van der Waals surface area contributed by atoms with Gasteiger partial charge in [-0.15, -0.1) is 11.3 Å². The predicted molar refractivity (Wildman–Crippen MR) is 78.6 cm³/mol. The van der Waals surface area contributed by atoms with E-state index in [-0.39, 0.29) is 11.9 Å². The van der Waals surface area contributed by atoms with Gasteiger partial charge in [0.15, 0.2) is 0 Å². The van der Waals surface area contributed by atoms with Crippen molar-refractivity contribution in [2.24, 2.45) is 5.92 Å². The summed E-state index contributed by atoms with van der Waals surface area (Å²) in [4.78, 5) is 15.0. The Morgan fingerprint density at radius 3 is 2.89 bits per heavy atom. The summed E-state index contributed by atoms with van der Waals surface area (Å²) in [7, 11) is 0. The third-order valence-corrected chi connectivity index (χ3v) is 4.96. The van der Waals surface area contributed by atoms with Crippen molar-refractivity contribution in [2.75, 3.05) is 13.2 Å². The van der Waals surface area contributed by atoms with Gasteiger partial charge in [-0.2, -0.15) is 0 Å². The third kappa shape index (κ3) is 3.19. The number of thiophene rings is 1. The molecule has 104 valence electrons. The highest BCUT2D eigenvalue weighted by atomic mass is 35.5. The fraction of sp³-hybridized carbons (Fsp3) is 0.500. The molecule has 0 aliphatic carbocycles. The first-order valence-electron chi connectivity index (χ1n) is 6.28. The number of ether oxygens (including phenoxy) is 1. The van der Waals surface area contributed by atoms with Gasteiger partial charge < -0.3 is 9.64 Å². The highest BCUT2D eigenvalue weighted by Crippen LogP contribution is 2.29. The highest BCUT2D eigenvalue weighted by Gasteiger charge is 2.32. The minimum absolute atomic E-state index is 0.0514. The van der Waals surface area contributed by atoms with Gasteiger partial charge in [-0.05, 0) is 24.6 Å². The molecular weight excluding hydrogens is 282 g/mol. The van der Waals surface area contributed by atoms with Gasteiger partial charge in [0.05, 0.1) is 30.1 Å². The number of carbonyl (C=O) groups excluding carboxylic acids is 1. The molecule has 19 heavy (non-hydrogen) atoms. The molecule has 1 saturated heterocycles. The Hall–Kier alpha value is -0.840. The molecule has 3 nitrogen and oxygen atoms in total. The lowest BCUT2D eigenvalue weighted by atomic mass is 10.0. The van der Waals surface area contributed by atoms with Crippen LogP contribution in [0.2, 0.25) is 4.34 Å². The van der Waals surface area contributed by atoms with Gasteiger partial charge in [0.1, 0.15) is 0 Å². The van der Waals surface area contributed by atoms with Gasteiger partial charge in [-0.1, -0.05) is 25.1 Å². The monoisotopic (exact) mass is 299 g/mol.